The molecule has 0 fully saturated rings. The fourth-order valence-corrected chi connectivity index (χ4v) is 2.60. The molecule has 1 heterocycles. The molecule has 94 valence electrons. The van der Waals surface area contributed by atoms with Crippen LogP contribution in [0.25, 0.3) is 6.08 Å². The normalized spacial score (nSPS) is 17.1. The third-order valence-corrected chi connectivity index (χ3v) is 3.59. The zero-order chi connectivity index (χ0) is 13.2. The zero-order valence-corrected chi connectivity index (χ0v) is 10.8. The largest absolute Gasteiger partial charge is 0.303 e. The van der Waals surface area contributed by atoms with Crippen LogP contribution in [-0.2, 0) is 4.79 Å². The van der Waals surface area contributed by atoms with Gasteiger partial charge in [-0.1, -0.05) is 54.6 Å². The highest BCUT2D eigenvalue weighted by molar-refractivity contribution is 5.86. The molecule has 2 nitrogen and oxygen atoms in total. The molecule has 0 radical (unpaired) electrons. The number of rotatable bonds is 2. The van der Waals surface area contributed by atoms with E-state index in [1.807, 2.05) is 36.4 Å². The van der Waals surface area contributed by atoms with Gasteiger partial charge in [0.25, 0.3) is 0 Å². The molecule has 1 amide bonds. The molecule has 2 heteroatoms. The number of hydrogen-bond donors (Lipinski definition) is 0. The van der Waals surface area contributed by atoms with E-state index in [0.717, 1.165) is 17.7 Å². The molecule has 1 aliphatic heterocycles. The lowest BCUT2D eigenvalue weighted by Crippen LogP contribution is -2.28. The van der Waals surface area contributed by atoms with Crippen molar-refractivity contribution < 1.29 is 4.79 Å². The smallest absolute Gasteiger partial charge is 0.214 e. The second-order valence-corrected chi connectivity index (χ2v) is 4.73. The quantitative estimate of drug-likeness (QED) is 0.743. The average molecular weight is 249 g/mol. The SMILES string of the molecule is Cc1ccccc1C1C=Cc2ccccc2N1C=O. The van der Waals surface area contributed by atoms with Crippen LogP contribution in [0.4, 0.5) is 5.69 Å². The summed E-state index contributed by atoms with van der Waals surface area (Å²) in [6.07, 6.45) is 5.09. The molecule has 2 aromatic carbocycles. The predicted molar refractivity (Wildman–Crippen MR) is 77.9 cm³/mol. The van der Waals surface area contributed by atoms with Crippen molar-refractivity contribution in [3.8, 4) is 0 Å². The number of para-hydroxylation sites is 1. The van der Waals surface area contributed by atoms with Crippen LogP contribution in [0.5, 0.6) is 0 Å². The van der Waals surface area contributed by atoms with Crippen molar-refractivity contribution in [2.75, 3.05) is 4.90 Å². The summed E-state index contributed by atoms with van der Waals surface area (Å²) in [4.78, 5) is 13.3. The number of anilines is 1. The van der Waals surface area contributed by atoms with E-state index >= 15 is 0 Å². The number of fused-ring (bicyclic) bond motifs is 1. The van der Waals surface area contributed by atoms with Crippen LogP contribution in [0.3, 0.4) is 0 Å². The highest BCUT2D eigenvalue weighted by atomic mass is 16.1. The van der Waals surface area contributed by atoms with E-state index in [4.69, 9.17) is 0 Å². The molecule has 1 aliphatic rings. The Bertz CT molecular complexity index is 645. The van der Waals surface area contributed by atoms with Crippen LogP contribution in [0.15, 0.2) is 54.6 Å². The minimum absolute atomic E-state index is 0.0198. The summed E-state index contributed by atoms with van der Waals surface area (Å²) in [7, 11) is 0. The Morgan fingerprint density at radius 3 is 2.58 bits per heavy atom. The molecule has 2 aromatic rings. The summed E-state index contributed by atoms with van der Waals surface area (Å²) < 4.78 is 0. The minimum Gasteiger partial charge on any atom is -0.303 e. The van der Waals surface area contributed by atoms with E-state index in [1.54, 1.807) is 4.90 Å². The first-order chi connectivity index (χ1) is 9.31. The summed E-state index contributed by atoms with van der Waals surface area (Å²) in [5.41, 5.74) is 4.41. The minimum atomic E-state index is -0.0198. The molecule has 0 N–H and O–H groups in total. The summed E-state index contributed by atoms with van der Waals surface area (Å²) in [5, 5.41) is 0. The Kier molecular flexibility index (Phi) is 2.92. The predicted octanol–water partition coefficient (Wildman–Crippen LogP) is 3.73. The molecule has 0 bridgehead atoms. The average Bonchev–Trinajstić information content (AvgIpc) is 2.46. The van der Waals surface area contributed by atoms with Crippen molar-refractivity contribution >= 4 is 18.2 Å². The Morgan fingerprint density at radius 1 is 1.05 bits per heavy atom. The number of carbonyl (C=O) groups excluding carboxylic acids is 1. The fourth-order valence-electron chi connectivity index (χ4n) is 2.60. The van der Waals surface area contributed by atoms with Gasteiger partial charge in [-0.15, -0.1) is 0 Å². The Labute approximate surface area is 113 Å². The number of hydrogen-bond acceptors (Lipinski definition) is 1. The van der Waals surface area contributed by atoms with E-state index in [2.05, 4.69) is 31.2 Å². The Hall–Kier alpha value is -2.35. The van der Waals surface area contributed by atoms with Gasteiger partial charge in [0.15, 0.2) is 0 Å². The van der Waals surface area contributed by atoms with Gasteiger partial charge in [0.05, 0.1) is 11.7 Å². The monoisotopic (exact) mass is 249 g/mol. The van der Waals surface area contributed by atoms with Crippen LogP contribution in [-0.4, -0.2) is 6.41 Å². The Balaban J connectivity index is 2.11. The number of aryl methyl sites for hydroxylation is 1. The van der Waals surface area contributed by atoms with Gasteiger partial charge in [-0.3, -0.25) is 4.79 Å². The van der Waals surface area contributed by atoms with Crippen molar-refractivity contribution in [3.63, 3.8) is 0 Å². The third-order valence-electron chi connectivity index (χ3n) is 3.59. The van der Waals surface area contributed by atoms with Gasteiger partial charge in [0, 0.05) is 0 Å². The zero-order valence-electron chi connectivity index (χ0n) is 10.8. The van der Waals surface area contributed by atoms with E-state index in [-0.39, 0.29) is 6.04 Å². The van der Waals surface area contributed by atoms with Crippen LogP contribution >= 0.6 is 0 Å². The molecule has 0 spiro atoms. The fraction of sp³-hybridized carbons (Fsp3) is 0.118. The van der Waals surface area contributed by atoms with Crippen molar-refractivity contribution in [2.24, 2.45) is 0 Å². The third kappa shape index (κ3) is 1.95. The molecule has 3 rings (SSSR count). The van der Waals surface area contributed by atoms with E-state index in [1.165, 1.54) is 11.1 Å². The summed E-state index contributed by atoms with van der Waals surface area (Å²) in [6.45, 7) is 2.08. The van der Waals surface area contributed by atoms with Crippen LogP contribution < -0.4 is 4.90 Å². The van der Waals surface area contributed by atoms with Crippen LogP contribution in [0, 0.1) is 6.92 Å². The van der Waals surface area contributed by atoms with Crippen LogP contribution in [0.2, 0.25) is 0 Å². The molecule has 0 saturated carbocycles. The lowest BCUT2D eigenvalue weighted by Gasteiger charge is -2.31. The van der Waals surface area contributed by atoms with E-state index < -0.39 is 0 Å². The summed E-state index contributed by atoms with van der Waals surface area (Å²) in [5.74, 6) is 0. The standard InChI is InChI=1S/C17H15NO/c1-13-6-2-4-8-15(13)17-11-10-14-7-3-5-9-16(14)18(17)12-19/h2-12,17H,1H3. The topological polar surface area (TPSA) is 20.3 Å². The summed E-state index contributed by atoms with van der Waals surface area (Å²) in [6, 6.07) is 16.1. The lowest BCUT2D eigenvalue weighted by atomic mass is 9.95. The first-order valence-electron chi connectivity index (χ1n) is 6.37. The van der Waals surface area contributed by atoms with Crippen molar-refractivity contribution in [1.29, 1.82) is 0 Å². The highest BCUT2D eigenvalue weighted by Gasteiger charge is 2.23. The maximum Gasteiger partial charge on any atom is 0.214 e. The molecule has 1 atom stereocenters. The van der Waals surface area contributed by atoms with Crippen molar-refractivity contribution in [1.82, 2.24) is 0 Å². The van der Waals surface area contributed by atoms with Gasteiger partial charge in [-0.2, -0.15) is 0 Å². The highest BCUT2D eigenvalue weighted by Crippen LogP contribution is 2.35. The number of amides is 1. The van der Waals surface area contributed by atoms with Gasteiger partial charge >= 0.3 is 0 Å². The van der Waals surface area contributed by atoms with Gasteiger partial charge < -0.3 is 4.90 Å². The maximum atomic E-state index is 11.5. The first-order valence-corrected chi connectivity index (χ1v) is 6.37. The van der Waals surface area contributed by atoms with E-state index in [0.29, 0.717) is 0 Å². The van der Waals surface area contributed by atoms with E-state index in [9.17, 15) is 4.79 Å². The number of benzene rings is 2. The molecule has 19 heavy (non-hydrogen) atoms. The van der Waals surface area contributed by atoms with Gasteiger partial charge in [0.2, 0.25) is 6.41 Å². The number of carbonyl (C=O) groups is 1. The molecular weight excluding hydrogens is 234 g/mol. The maximum absolute atomic E-state index is 11.5. The van der Waals surface area contributed by atoms with Crippen molar-refractivity contribution in [2.45, 2.75) is 13.0 Å². The second kappa shape index (κ2) is 4.73. The van der Waals surface area contributed by atoms with Crippen molar-refractivity contribution in [3.05, 3.63) is 71.3 Å². The first kappa shape index (κ1) is 11.7. The lowest BCUT2D eigenvalue weighted by molar-refractivity contribution is -0.107. The molecular formula is C17H15NO. The Morgan fingerprint density at radius 2 is 1.79 bits per heavy atom. The van der Waals surface area contributed by atoms with Gasteiger partial charge in [-0.25, -0.2) is 0 Å². The molecule has 1 unspecified atom stereocenters. The van der Waals surface area contributed by atoms with Gasteiger partial charge in [0.1, 0.15) is 0 Å². The summed E-state index contributed by atoms with van der Waals surface area (Å²) >= 11 is 0. The van der Waals surface area contributed by atoms with Gasteiger partial charge in [-0.05, 0) is 29.7 Å². The molecule has 0 saturated heterocycles. The second-order valence-electron chi connectivity index (χ2n) is 4.73. The van der Waals surface area contributed by atoms with Crippen LogP contribution in [0.1, 0.15) is 22.7 Å². The molecule has 0 aromatic heterocycles. The number of nitrogens with zero attached hydrogens (tertiary/aromatic N) is 1. The molecule has 0 aliphatic carbocycles.